The molecule has 9 aromatic carbocycles. The van der Waals surface area contributed by atoms with Gasteiger partial charge in [0.25, 0.3) is 0 Å². The number of rotatable bonds is 27. The SMILES string of the molecule is C=CC(=O)OCCOc1cccc(N(c2ccccc2)c2ccc(N(c3ccccc3)c3ccccc3)c(N(c3ccccc3)c3cccc(OCCOC(=O)C=C)c3)c2N(c2ccccc2)c2cccc(OCCOC(=O)C=C)c2)c1. The van der Waals surface area contributed by atoms with Crippen molar-refractivity contribution in [2.75, 3.05) is 59.2 Å². The summed E-state index contributed by atoms with van der Waals surface area (Å²) in [5.74, 6) is -0.0391. The van der Waals surface area contributed by atoms with Crippen LogP contribution in [0, 0.1) is 0 Å². The van der Waals surface area contributed by atoms with E-state index in [0.29, 0.717) is 22.9 Å². The van der Waals surface area contributed by atoms with Gasteiger partial charge in [-0.25, -0.2) is 14.4 Å². The fourth-order valence-corrected chi connectivity index (χ4v) is 9.13. The molecule has 410 valence electrons. The summed E-state index contributed by atoms with van der Waals surface area (Å²) in [5, 5.41) is 0. The second-order valence-electron chi connectivity index (χ2n) is 18.0. The highest BCUT2D eigenvalue weighted by atomic mass is 16.6. The number of esters is 3. The molecule has 0 fully saturated rings. The highest BCUT2D eigenvalue weighted by Gasteiger charge is 2.34. The number of hydrogen-bond acceptors (Lipinski definition) is 13. The first-order valence-corrected chi connectivity index (χ1v) is 26.5. The summed E-state index contributed by atoms with van der Waals surface area (Å²) in [6.07, 6.45) is 3.36. The smallest absolute Gasteiger partial charge is 0.330 e. The first kappa shape index (κ1) is 55.9. The summed E-state index contributed by atoms with van der Waals surface area (Å²) in [7, 11) is 0. The summed E-state index contributed by atoms with van der Waals surface area (Å²) < 4.78 is 34.9. The molecule has 0 bridgehead atoms. The van der Waals surface area contributed by atoms with Crippen LogP contribution in [-0.2, 0) is 28.6 Å². The molecule has 13 heteroatoms. The molecule has 0 amide bonds. The van der Waals surface area contributed by atoms with Gasteiger partial charge in [-0.05, 0) is 109 Å². The number of carbonyl (C=O) groups excluding carboxylic acids is 3. The van der Waals surface area contributed by atoms with Crippen LogP contribution in [-0.4, -0.2) is 57.5 Å². The normalized spacial score (nSPS) is 10.5. The Labute approximate surface area is 477 Å². The Kier molecular flexibility index (Phi) is 19.2. The number of anilines is 12. The van der Waals surface area contributed by atoms with Gasteiger partial charge in [-0.1, -0.05) is 129 Å². The van der Waals surface area contributed by atoms with Crippen LogP contribution in [0.3, 0.4) is 0 Å². The Morgan fingerprint density at radius 3 is 0.817 bits per heavy atom. The van der Waals surface area contributed by atoms with E-state index in [9.17, 15) is 14.4 Å². The lowest BCUT2D eigenvalue weighted by Gasteiger charge is -2.40. The maximum Gasteiger partial charge on any atom is 0.330 e. The molecule has 9 rings (SSSR count). The number of ether oxygens (including phenoxy) is 6. The van der Waals surface area contributed by atoms with Crippen molar-refractivity contribution in [2.45, 2.75) is 0 Å². The molecule has 0 saturated heterocycles. The van der Waals surface area contributed by atoms with Crippen LogP contribution in [0.5, 0.6) is 17.2 Å². The Balaban J connectivity index is 1.40. The van der Waals surface area contributed by atoms with Gasteiger partial charge in [0, 0.05) is 81.9 Å². The number of nitrogens with zero attached hydrogens (tertiary/aromatic N) is 4. The predicted molar refractivity (Wildman–Crippen MR) is 325 cm³/mol. The molecule has 0 aliphatic heterocycles. The van der Waals surface area contributed by atoms with Gasteiger partial charge in [0.15, 0.2) is 0 Å². The van der Waals surface area contributed by atoms with Crippen molar-refractivity contribution in [3.63, 3.8) is 0 Å². The van der Waals surface area contributed by atoms with E-state index in [0.717, 1.165) is 80.8 Å². The summed E-state index contributed by atoms with van der Waals surface area (Å²) >= 11 is 0. The molecule has 0 spiro atoms. The van der Waals surface area contributed by atoms with E-state index in [1.54, 1.807) is 0 Å². The maximum absolute atomic E-state index is 12.1. The van der Waals surface area contributed by atoms with Crippen molar-refractivity contribution < 1.29 is 42.8 Å². The molecule has 0 aliphatic rings. The lowest BCUT2D eigenvalue weighted by Crippen LogP contribution is -2.24. The van der Waals surface area contributed by atoms with Crippen molar-refractivity contribution >= 4 is 86.2 Å². The Hall–Kier alpha value is -10.8. The van der Waals surface area contributed by atoms with Gasteiger partial charge in [0.2, 0.25) is 0 Å². The van der Waals surface area contributed by atoms with E-state index in [4.69, 9.17) is 28.4 Å². The molecular formula is C69H60N4O9. The molecular weight excluding hydrogens is 1030 g/mol. The van der Waals surface area contributed by atoms with E-state index < -0.39 is 17.9 Å². The summed E-state index contributed by atoms with van der Waals surface area (Å²) in [6.45, 7) is 10.9. The van der Waals surface area contributed by atoms with Gasteiger partial charge < -0.3 is 48.0 Å². The largest absolute Gasteiger partial charge is 0.490 e. The van der Waals surface area contributed by atoms with Crippen LogP contribution in [0.15, 0.2) is 275 Å². The molecule has 0 unspecified atom stereocenters. The molecule has 0 aromatic heterocycles. The van der Waals surface area contributed by atoms with Crippen molar-refractivity contribution in [1.82, 2.24) is 0 Å². The van der Waals surface area contributed by atoms with E-state index >= 15 is 0 Å². The van der Waals surface area contributed by atoms with Crippen LogP contribution in [0.4, 0.5) is 68.2 Å². The fourth-order valence-electron chi connectivity index (χ4n) is 9.13. The zero-order valence-electron chi connectivity index (χ0n) is 45.1. The second kappa shape index (κ2) is 28.2. The van der Waals surface area contributed by atoms with E-state index in [1.165, 1.54) is 0 Å². The van der Waals surface area contributed by atoms with Crippen LogP contribution in [0.25, 0.3) is 0 Å². The third-order valence-corrected chi connectivity index (χ3v) is 12.6. The second-order valence-corrected chi connectivity index (χ2v) is 18.0. The maximum atomic E-state index is 12.1. The minimum Gasteiger partial charge on any atom is -0.490 e. The Morgan fingerprint density at radius 2 is 0.537 bits per heavy atom. The molecule has 9 aromatic rings. The van der Waals surface area contributed by atoms with Gasteiger partial charge in [0.1, 0.15) is 56.9 Å². The van der Waals surface area contributed by atoms with Crippen LogP contribution in [0.1, 0.15) is 0 Å². The monoisotopic (exact) mass is 1090 g/mol. The van der Waals surface area contributed by atoms with Crippen molar-refractivity contribution in [1.29, 1.82) is 0 Å². The van der Waals surface area contributed by atoms with Crippen LogP contribution in [0.2, 0.25) is 0 Å². The van der Waals surface area contributed by atoms with Gasteiger partial charge in [-0.3, -0.25) is 0 Å². The highest BCUT2D eigenvalue weighted by molar-refractivity contribution is 6.07. The van der Waals surface area contributed by atoms with Gasteiger partial charge >= 0.3 is 17.9 Å². The number of benzene rings is 9. The lowest BCUT2D eigenvalue weighted by molar-refractivity contribution is -0.139. The average Bonchev–Trinajstić information content (AvgIpc) is 3.72. The lowest BCUT2D eigenvalue weighted by atomic mass is 10.0. The third-order valence-electron chi connectivity index (χ3n) is 12.6. The van der Waals surface area contributed by atoms with Crippen molar-refractivity contribution in [3.05, 3.63) is 275 Å². The van der Waals surface area contributed by atoms with Gasteiger partial charge in [-0.15, -0.1) is 0 Å². The third kappa shape index (κ3) is 14.1. The molecule has 0 saturated carbocycles. The van der Waals surface area contributed by atoms with Gasteiger partial charge in [-0.2, -0.15) is 0 Å². The fraction of sp³-hybridized carbons (Fsp3) is 0.0870. The van der Waals surface area contributed by atoms with Crippen LogP contribution >= 0.6 is 0 Å². The zero-order chi connectivity index (χ0) is 56.9. The minimum absolute atomic E-state index is 0.00615. The highest BCUT2D eigenvalue weighted by Crippen LogP contribution is 2.58. The van der Waals surface area contributed by atoms with Crippen molar-refractivity contribution in [3.8, 4) is 17.2 Å². The number of carbonyl (C=O) groups is 3. The molecule has 0 N–H and O–H groups in total. The summed E-state index contributed by atoms with van der Waals surface area (Å²) in [6, 6.07) is 78.5. The summed E-state index contributed by atoms with van der Waals surface area (Å²) in [5.41, 5.74) is 9.31. The Bertz CT molecular complexity index is 3550. The zero-order valence-corrected chi connectivity index (χ0v) is 45.1. The van der Waals surface area contributed by atoms with E-state index in [-0.39, 0.29) is 39.6 Å². The summed E-state index contributed by atoms with van der Waals surface area (Å²) in [4.78, 5) is 45.0. The molecule has 82 heavy (non-hydrogen) atoms. The Morgan fingerprint density at radius 1 is 0.293 bits per heavy atom. The standard InChI is InChI=1S/C69H60N4O9/c1-4-65(74)80-46-43-77-60-38-22-35-57(49-60)71(54-29-16-9-17-30-54)64-42-41-63(70(52-25-12-7-13-26-52)53-27-14-8-15-28-53)68(72(55-31-18-10-19-32-55)58-36-23-39-61(50-58)78-44-47-81-66(75)5-2)69(64)73(56-33-20-11-21-34-56)59-37-24-40-62(51-59)79-45-48-82-67(76)6-3/h4-42,49-51H,1-3,43-48H2. The first-order chi connectivity index (χ1) is 40.3. The predicted octanol–water partition coefficient (Wildman–Crippen LogP) is 15.9. The molecule has 0 radical (unpaired) electrons. The minimum atomic E-state index is -0.546. The van der Waals surface area contributed by atoms with E-state index in [1.807, 2.05) is 164 Å². The van der Waals surface area contributed by atoms with Crippen molar-refractivity contribution in [2.24, 2.45) is 0 Å². The molecule has 0 heterocycles. The molecule has 13 nitrogen and oxygen atoms in total. The van der Waals surface area contributed by atoms with Crippen LogP contribution < -0.4 is 33.8 Å². The van der Waals surface area contributed by atoms with Gasteiger partial charge in [0.05, 0.1) is 22.7 Å². The number of para-hydroxylation sites is 5. The topological polar surface area (TPSA) is 120 Å². The first-order valence-electron chi connectivity index (χ1n) is 26.5. The molecule has 0 aliphatic carbocycles. The molecule has 0 atom stereocenters. The average molecular weight is 1090 g/mol. The van der Waals surface area contributed by atoms with E-state index in [2.05, 4.69) is 112 Å². The quantitative estimate of drug-likeness (QED) is 0.0210. The number of hydrogen-bond donors (Lipinski definition) is 0.